The van der Waals surface area contributed by atoms with Gasteiger partial charge in [0.1, 0.15) is 11.5 Å². The summed E-state index contributed by atoms with van der Waals surface area (Å²) >= 11 is 6.02. The third-order valence-electron chi connectivity index (χ3n) is 3.09. The van der Waals surface area contributed by atoms with Crippen LogP contribution < -0.4 is 14.8 Å². The second-order valence-electron chi connectivity index (χ2n) is 5.55. The Morgan fingerprint density at radius 1 is 1.14 bits per heavy atom. The Kier molecular flexibility index (Phi) is 5.75. The number of hydrogen-bond donors (Lipinski definition) is 1. The Balaban J connectivity index is 2.85. The van der Waals surface area contributed by atoms with Crippen molar-refractivity contribution < 1.29 is 17.9 Å². The number of sulfone groups is 1. The topological polar surface area (TPSA) is 64.6 Å². The Morgan fingerprint density at radius 3 is 2.19 bits per heavy atom. The zero-order valence-corrected chi connectivity index (χ0v) is 14.6. The lowest BCUT2D eigenvalue weighted by atomic mass is 10.2. The summed E-state index contributed by atoms with van der Waals surface area (Å²) in [5, 5.41) is 3.48. The highest BCUT2D eigenvalue weighted by atomic mass is 35.5. The smallest absolute Gasteiger partial charge is 0.156 e. The Bertz CT molecular complexity index is 594. The molecule has 0 aromatic heterocycles. The van der Waals surface area contributed by atoms with Crippen molar-refractivity contribution >= 4 is 27.1 Å². The summed E-state index contributed by atoms with van der Waals surface area (Å²) in [5.74, 6) is 1.07. The van der Waals surface area contributed by atoms with Crippen LogP contribution in [0, 0.1) is 0 Å². The molecule has 0 aliphatic heterocycles. The molecule has 0 atom stereocenters. The van der Waals surface area contributed by atoms with Crippen molar-refractivity contribution in [3.8, 4) is 11.5 Å². The van der Waals surface area contributed by atoms with Crippen LogP contribution in [0.5, 0.6) is 11.5 Å². The van der Waals surface area contributed by atoms with Gasteiger partial charge in [0.25, 0.3) is 0 Å². The first kappa shape index (κ1) is 17.9. The molecule has 21 heavy (non-hydrogen) atoms. The van der Waals surface area contributed by atoms with Gasteiger partial charge in [-0.2, -0.15) is 0 Å². The molecule has 0 unspecified atom stereocenters. The molecule has 0 bridgehead atoms. The van der Waals surface area contributed by atoms with Gasteiger partial charge in [-0.25, -0.2) is 8.42 Å². The van der Waals surface area contributed by atoms with Gasteiger partial charge in [0.2, 0.25) is 0 Å². The standard InChI is InChI=1S/C14H22ClNO4S/c1-14(2,3)21(17,18)7-6-16-11-9-12(19-4)10(15)8-13(11)20-5/h8-9,16H,6-7H2,1-5H3. The van der Waals surface area contributed by atoms with Crippen LogP contribution in [0.3, 0.4) is 0 Å². The summed E-state index contributed by atoms with van der Waals surface area (Å²) in [6, 6.07) is 3.31. The van der Waals surface area contributed by atoms with E-state index in [1.165, 1.54) is 14.2 Å². The monoisotopic (exact) mass is 335 g/mol. The molecule has 120 valence electrons. The molecule has 0 heterocycles. The quantitative estimate of drug-likeness (QED) is 0.865. The lowest BCUT2D eigenvalue weighted by Crippen LogP contribution is -2.32. The van der Waals surface area contributed by atoms with Gasteiger partial charge < -0.3 is 14.8 Å². The van der Waals surface area contributed by atoms with Crippen LogP contribution in [-0.2, 0) is 9.84 Å². The highest BCUT2D eigenvalue weighted by molar-refractivity contribution is 7.92. The zero-order chi connectivity index (χ0) is 16.3. The van der Waals surface area contributed by atoms with E-state index in [1.54, 1.807) is 32.9 Å². The number of ether oxygens (including phenoxy) is 2. The molecule has 0 radical (unpaired) electrons. The normalized spacial score (nSPS) is 12.1. The largest absolute Gasteiger partial charge is 0.495 e. The van der Waals surface area contributed by atoms with E-state index >= 15 is 0 Å². The van der Waals surface area contributed by atoms with Crippen molar-refractivity contribution in [2.24, 2.45) is 0 Å². The van der Waals surface area contributed by atoms with Crippen molar-refractivity contribution in [1.29, 1.82) is 0 Å². The first-order valence-corrected chi connectivity index (χ1v) is 8.53. The average molecular weight is 336 g/mol. The van der Waals surface area contributed by atoms with Gasteiger partial charge in [0.05, 0.1) is 35.4 Å². The fraction of sp³-hybridized carbons (Fsp3) is 0.571. The minimum atomic E-state index is -3.17. The van der Waals surface area contributed by atoms with Gasteiger partial charge in [-0.15, -0.1) is 0 Å². The van der Waals surface area contributed by atoms with Crippen LogP contribution in [0.4, 0.5) is 5.69 Å². The summed E-state index contributed by atoms with van der Waals surface area (Å²) in [6.07, 6.45) is 0. The predicted molar refractivity (Wildman–Crippen MR) is 86.6 cm³/mol. The third-order valence-corrected chi connectivity index (χ3v) is 6.00. The maximum atomic E-state index is 12.1. The Hall–Kier alpha value is -1.14. The molecular formula is C14H22ClNO4S. The van der Waals surface area contributed by atoms with E-state index in [0.717, 1.165) is 0 Å². The number of rotatable bonds is 6. The van der Waals surface area contributed by atoms with Crippen LogP contribution in [0.2, 0.25) is 5.02 Å². The van der Waals surface area contributed by atoms with Gasteiger partial charge in [0, 0.05) is 18.7 Å². The van der Waals surface area contributed by atoms with Crippen LogP contribution in [-0.4, -0.2) is 39.7 Å². The molecule has 0 amide bonds. The highest BCUT2D eigenvalue weighted by Gasteiger charge is 2.28. The number of benzene rings is 1. The van der Waals surface area contributed by atoms with E-state index in [1.807, 2.05) is 0 Å². The molecule has 0 spiro atoms. The minimum Gasteiger partial charge on any atom is -0.495 e. The maximum Gasteiger partial charge on any atom is 0.156 e. The van der Waals surface area contributed by atoms with Gasteiger partial charge in [-0.05, 0) is 20.8 Å². The second kappa shape index (κ2) is 6.75. The first-order valence-electron chi connectivity index (χ1n) is 6.50. The Morgan fingerprint density at radius 2 is 1.71 bits per heavy atom. The lowest BCUT2D eigenvalue weighted by molar-refractivity contribution is 0.405. The third kappa shape index (κ3) is 4.41. The number of nitrogens with one attached hydrogen (secondary N) is 1. The summed E-state index contributed by atoms with van der Waals surface area (Å²) in [7, 11) is -0.133. The van der Waals surface area contributed by atoms with Crippen molar-refractivity contribution in [1.82, 2.24) is 0 Å². The number of anilines is 1. The predicted octanol–water partition coefficient (Wildman–Crippen LogP) is 2.98. The molecule has 1 rings (SSSR count). The van der Waals surface area contributed by atoms with Gasteiger partial charge in [0.15, 0.2) is 9.84 Å². The van der Waals surface area contributed by atoms with Crippen LogP contribution in [0.25, 0.3) is 0 Å². The zero-order valence-electron chi connectivity index (χ0n) is 13.0. The van der Waals surface area contributed by atoms with Gasteiger partial charge >= 0.3 is 0 Å². The molecule has 5 nitrogen and oxygen atoms in total. The van der Waals surface area contributed by atoms with Gasteiger partial charge in [-0.3, -0.25) is 0 Å². The molecule has 0 aliphatic carbocycles. The summed E-state index contributed by atoms with van der Waals surface area (Å²) in [6.45, 7) is 5.34. The first-order chi connectivity index (χ1) is 9.62. The fourth-order valence-electron chi connectivity index (χ4n) is 1.62. The molecular weight excluding hydrogens is 314 g/mol. The molecule has 0 fully saturated rings. The van der Waals surface area contributed by atoms with Crippen LogP contribution in [0.1, 0.15) is 20.8 Å². The van der Waals surface area contributed by atoms with Gasteiger partial charge in [-0.1, -0.05) is 11.6 Å². The van der Waals surface area contributed by atoms with Crippen molar-refractivity contribution in [2.75, 3.05) is 31.8 Å². The number of methoxy groups -OCH3 is 2. The van der Waals surface area contributed by atoms with Crippen LogP contribution in [0.15, 0.2) is 12.1 Å². The van der Waals surface area contributed by atoms with E-state index in [-0.39, 0.29) is 12.3 Å². The number of halogens is 1. The van der Waals surface area contributed by atoms with E-state index < -0.39 is 14.6 Å². The lowest BCUT2D eigenvalue weighted by Gasteiger charge is -2.20. The molecule has 0 saturated heterocycles. The van der Waals surface area contributed by atoms with Crippen molar-refractivity contribution in [2.45, 2.75) is 25.5 Å². The second-order valence-corrected chi connectivity index (χ2v) is 8.81. The maximum absolute atomic E-state index is 12.1. The average Bonchev–Trinajstić information content (AvgIpc) is 2.38. The SMILES string of the molecule is COc1cc(NCCS(=O)(=O)C(C)(C)C)c(OC)cc1Cl. The summed E-state index contributed by atoms with van der Waals surface area (Å²) < 4.78 is 33.7. The Labute approximate surface area is 131 Å². The molecule has 0 saturated carbocycles. The summed E-state index contributed by atoms with van der Waals surface area (Å²) in [5.41, 5.74) is 0.642. The fourth-order valence-corrected chi connectivity index (χ4v) is 2.84. The molecule has 0 aliphatic rings. The summed E-state index contributed by atoms with van der Waals surface area (Å²) in [4.78, 5) is 0. The molecule has 1 aromatic rings. The van der Waals surface area contributed by atoms with Crippen LogP contribution >= 0.6 is 11.6 Å². The van der Waals surface area contributed by atoms with E-state index in [2.05, 4.69) is 5.32 Å². The molecule has 1 N–H and O–H groups in total. The highest BCUT2D eigenvalue weighted by Crippen LogP contribution is 2.35. The molecule has 1 aromatic carbocycles. The van der Waals surface area contributed by atoms with Crippen molar-refractivity contribution in [3.05, 3.63) is 17.2 Å². The van der Waals surface area contributed by atoms with E-state index in [0.29, 0.717) is 22.2 Å². The van der Waals surface area contributed by atoms with E-state index in [4.69, 9.17) is 21.1 Å². The van der Waals surface area contributed by atoms with Crippen molar-refractivity contribution in [3.63, 3.8) is 0 Å². The van der Waals surface area contributed by atoms with E-state index in [9.17, 15) is 8.42 Å². The molecule has 7 heteroatoms. The minimum absolute atomic E-state index is 0.0323. The number of hydrogen-bond acceptors (Lipinski definition) is 5.